The van der Waals surface area contributed by atoms with E-state index in [4.69, 9.17) is 5.11 Å². The zero-order valence-corrected chi connectivity index (χ0v) is 7.36. The van der Waals surface area contributed by atoms with Crippen molar-refractivity contribution in [1.29, 1.82) is 0 Å². The molecule has 1 saturated heterocycles. The zero-order chi connectivity index (χ0) is 8.06. The quantitative estimate of drug-likeness (QED) is 0.652. The number of carboxylic acids is 1. The molecule has 2 rings (SSSR count). The van der Waals surface area contributed by atoms with Gasteiger partial charge in [0.15, 0.2) is 0 Å². The molecule has 3 heteroatoms. The van der Waals surface area contributed by atoms with Crippen molar-refractivity contribution in [2.24, 2.45) is 11.3 Å². The van der Waals surface area contributed by atoms with Crippen LogP contribution in [-0.4, -0.2) is 22.1 Å². The summed E-state index contributed by atoms with van der Waals surface area (Å²) in [6.07, 6.45) is 2.05. The lowest BCUT2D eigenvalue weighted by atomic mass is 10.0. The predicted molar refractivity (Wildman–Crippen MR) is 44.7 cm³/mol. The van der Waals surface area contributed by atoms with Gasteiger partial charge in [0.2, 0.25) is 0 Å². The fraction of sp³-hybridized carbons (Fsp3) is 0.875. The third-order valence-electron chi connectivity index (χ3n) is 2.84. The number of carbonyl (C=O) groups is 1. The molecule has 0 aromatic heterocycles. The van der Waals surface area contributed by atoms with Crippen LogP contribution in [0.15, 0.2) is 0 Å². The van der Waals surface area contributed by atoms with Crippen LogP contribution in [-0.2, 0) is 4.79 Å². The van der Waals surface area contributed by atoms with E-state index in [1.165, 1.54) is 0 Å². The Morgan fingerprint density at radius 1 is 1.64 bits per heavy atom. The van der Waals surface area contributed by atoms with Gasteiger partial charge in [0.1, 0.15) is 0 Å². The monoisotopic (exact) mass is 172 g/mol. The Bertz CT molecular complexity index is 204. The molecule has 0 aromatic carbocycles. The van der Waals surface area contributed by atoms with Gasteiger partial charge in [-0.1, -0.05) is 6.92 Å². The van der Waals surface area contributed by atoms with E-state index in [1.807, 2.05) is 11.8 Å². The third kappa shape index (κ3) is 1.06. The van der Waals surface area contributed by atoms with Gasteiger partial charge in [0.25, 0.3) is 0 Å². The van der Waals surface area contributed by atoms with Gasteiger partial charge in [0, 0.05) is 11.0 Å². The molecule has 2 nitrogen and oxygen atoms in total. The molecule has 1 saturated carbocycles. The van der Waals surface area contributed by atoms with Crippen molar-refractivity contribution in [3.8, 4) is 0 Å². The van der Waals surface area contributed by atoms with Gasteiger partial charge < -0.3 is 5.11 Å². The van der Waals surface area contributed by atoms with E-state index < -0.39 is 5.97 Å². The van der Waals surface area contributed by atoms with E-state index in [0.717, 1.165) is 18.6 Å². The fourth-order valence-corrected chi connectivity index (χ4v) is 3.58. The summed E-state index contributed by atoms with van der Waals surface area (Å²) in [6.45, 7) is 2.19. The van der Waals surface area contributed by atoms with E-state index in [-0.39, 0.29) is 11.3 Å². The predicted octanol–water partition coefficient (Wildman–Crippen LogP) is 1.60. The van der Waals surface area contributed by atoms with Crippen molar-refractivity contribution in [1.82, 2.24) is 0 Å². The van der Waals surface area contributed by atoms with Crippen molar-refractivity contribution in [2.45, 2.75) is 25.0 Å². The molecule has 0 aromatic rings. The molecule has 1 aliphatic heterocycles. The summed E-state index contributed by atoms with van der Waals surface area (Å²) >= 11 is 1.92. The van der Waals surface area contributed by atoms with E-state index in [0.29, 0.717) is 5.25 Å². The molecule has 2 aliphatic rings. The fourth-order valence-electron chi connectivity index (χ4n) is 2.08. The highest BCUT2D eigenvalue weighted by Crippen LogP contribution is 2.62. The maximum absolute atomic E-state index is 10.6. The summed E-state index contributed by atoms with van der Waals surface area (Å²) in [4.78, 5) is 10.6. The van der Waals surface area contributed by atoms with Crippen LogP contribution < -0.4 is 0 Å². The summed E-state index contributed by atoms with van der Waals surface area (Å²) < 4.78 is 0. The summed E-state index contributed by atoms with van der Waals surface area (Å²) in [5.74, 6) is 0.477. The summed E-state index contributed by atoms with van der Waals surface area (Å²) in [7, 11) is 0. The van der Waals surface area contributed by atoms with Gasteiger partial charge in [-0.25, -0.2) is 0 Å². The summed E-state index contributed by atoms with van der Waals surface area (Å²) in [5, 5.41) is 9.44. The van der Waals surface area contributed by atoms with Crippen LogP contribution in [0.3, 0.4) is 0 Å². The van der Waals surface area contributed by atoms with Crippen LogP contribution in [0.2, 0.25) is 0 Å². The van der Waals surface area contributed by atoms with Gasteiger partial charge in [-0.3, -0.25) is 4.79 Å². The molecule has 2 fully saturated rings. The number of aliphatic carboxylic acids is 1. The Hall–Kier alpha value is -0.180. The highest BCUT2D eigenvalue weighted by Gasteiger charge is 2.60. The second-order valence-corrected chi connectivity index (χ2v) is 5.21. The lowest BCUT2D eigenvalue weighted by Gasteiger charge is -2.03. The summed E-state index contributed by atoms with van der Waals surface area (Å²) in [5.41, 5.74) is 0.218. The van der Waals surface area contributed by atoms with Gasteiger partial charge in [-0.2, -0.15) is 11.8 Å². The first kappa shape index (κ1) is 7.47. The molecule has 1 heterocycles. The Morgan fingerprint density at radius 2 is 2.36 bits per heavy atom. The molecule has 0 amide bonds. The van der Waals surface area contributed by atoms with Gasteiger partial charge in [-0.05, 0) is 18.3 Å². The number of carboxylic acid groups (broad SMARTS) is 1. The number of hydrogen-bond acceptors (Lipinski definition) is 2. The smallest absolute Gasteiger partial charge is 0.307 e. The van der Waals surface area contributed by atoms with Crippen LogP contribution in [0.1, 0.15) is 19.8 Å². The average molecular weight is 172 g/mol. The molecule has 3 unspecified atom stereocenters. The topological polar surface area (TPSA) is 37.3 Å². The normalized spacial score (nSPS) is 48.1. The Morgan fingerprint density at radius 3 is 2.73 bits per heavy atom. The number of thioether (sulfide) groups is 1. The van der Waals surface area contributed by atoms with Gasteiger partial charge >= 0.3 is 5.97 Å². The first-order valence-corrected chi connectivity index (χ1v) is 5.03. The molecule has 1 N–H and O–H groups in total. The molecule has 0 bridgehead atoms. The van der Waals surface area contributed by atoms with Crippen molar-refractivity contribution in [2.75, 3.05) is 5.75 Å². The second kappa shape index (κ2) is 2.16. The standard InChI is InChI=1S/C8H12O2S/c1-5-2-8(4-11-5)3-6(8)7(9)10/h5-6H,2-4H2,1H3,(H,9,10). The van der Waals surface area contributed by atoms with Crippen LogP contribution in [0, 0.1) is 11.3 Å². The van der Waals surface area contributed by atoms with E-state index in [2.05, 4.69) is 6.92 Å². The minimum Gasteiger partial charge on any atom is -0.481 e. The SMILES string of the molecule is CC1CC2(CS1)CC2C(=O)O. The highest BCUT2D eigenvalue weighted by atomic mass is 32.2. The number of rotatable bonds is 1. The average Bonchev–Trinajstić information content (AvgIpc) is 2.48. The lowest BCUT2D eigenvalue weighted by molar-refractivity contribution is -0.139. The molecular formula is C8H12O2S. The maximum atomic E-state index is 10.6. The second-order valence-electron chi connectivity index (χ2n) is 3.78. The molecule has 3 atom stereocenters. The molecule has 1 spiro atoms. The maximum Gasteiger partial charge on any atom is 0.307 e. The first-order chi connectivity index (χ1) is 5.14. The zero-order valence-electron chi connectivity index (χ0n) is 6.54. The van der Waals surface area contributed by atoms with Crippen molar-refractivity contribution < 1.29 is 9.90 Å². The van der Waals surface area contributed by atoms with E-state index in [9.17, 15) is 4.79 Å². The Labute approximate surface area is 70.4 Å². The minimum atomic E-state index is -0.584. The van der Waals surface area contributed by atoms with Gasteiger partial charge in [0.05, 0.1) is 5.92 Å². The molecule has 1 aliphatic carbocycles. The Kier molecular flexibility index (Phi) is 1.46. The molecule has 11 heavy (non-hydrogen) atoms. The van der Waals surface area contributed by atoms with Crippen LogP contribution >= 0.6 is 11.8 Å². The first-order valence-electron chi connectivity index (χ1n) is 3.98. The third-order valence-corrected chi connectivity index (χ3v) is 4.31. The molecular weight excluding hydrogens is 160 g/mol. The highest BCUT2D eigenvalue weighted by molar-refractivity contribution is 8.00. The van der Waals surface area contributed by atoms with E-state index >= 15 is 0 Å². The van der Waals surface area contributed by atoms with Gasteiger partial charge in [-0.15, -0.1) is 0 Å². The number of hydrogen-bond donors (Lipinski definition) is 1. The molecule has 0 radical (unpaired) electrons. The van der Waals surface area contributed by atoms with Crippen LogP contribution in [0.25, 0.3) is 0 Å². The van der Waals surface area contributed by atoms with Crippen LogP contribution in [0.5, 0.6) is 0 Å². The van der Waals surface area contributed by atoms with Crippen molar-refractivity contribution in [3.05, 3.63) is 0 Å². The van der Waals surface area contributed by atoms with Crippen LogP contribution in [0.4, 0.5) is 0 Å². The summed E-state index contributed by atoms with van der Waals surface area (Å²) in [6, 6.07) is 0. The van der Waals surface area contributed by atoms with Crippen molar-refractivity contribution in [3.63, 3.8) is 0 Å². The largest absolute Gasteiger partial charge is 0.481 e. The molecule has 62 valence electrons. The Balaban J connectivity index is 2.02. The minimum absolute atomic E-state index is 0.0139. The lowest BCUT2D eigenvalue weighted by Crippen LogP contribution is -2.09. The van der Waals surface area contributed by atoms with Crippen molar-refractivity contribution >= 4 is 17.7 Å². The van der Waals surface area contributed by atoms with E-state index in [1.54, 1.807) is 0 Å².